The highest BCUT2D eigenvalue weighted by Gasteiger charge is 2.47. The van der Waals surface area contributed by atoms with Crippen molar-refractivity contribution in [3.05, 3.63) is 64.7 Å². The zero-order valence-electron chi connectivity index (χ0n) is 19.5. The zero-order chi connectivity index (χ0) is 23.2. The van der Waals surface area contributed by atoms with Gasteiger partial charge in [-0.25, -0.2) is 0 Å². The van der Waals surface area contributed by atoms with Gasteiger partial charge in [0.1, 0.15) is 5.75 Å². The summed E-state index contributed by atoms with van der Waals surface area (Å²) in [7, 11) is 5.83. The number of aryl methyl sites for hydroxylation is 1. The van der Waals surface area contributed by atoms with Gasteiger partial charge in [-0.2, -0.15) is 0 Å². The summed E-state index contributed by atoms with van der Waals surface area (Å²) in [6, 6.07) is 10.5. The molecule has 1 aliphatic carbocycles. The van der Waals surface area contributed by atoms with Crippen molar-refractivity contribution in [1.29, 1.82) is 0 Å². The molecule has 2 atom stereocenters. The first-order chi connectivity index (χ1) is 15.9. The van der Waals surface area contributed by atoms with Crippen LogP contribution in [-0.2, 0) is 12.0 Å². The Labute approximate surface area is 200 Å². The maximum Gasteiger partial charge on any atom is 0.252 e. The molecule has 6 heteroatoms. The minimum Gasteiger partial charge on any atom is -0.493 e. The summed E-state index contributed by atoms with van der Waals surface area (Å²) in [6.45, 7) is 8.03. The molecule has 5 nitrogen and oxygen atoms in total. The SMILES string of the molecule is C=Cc1cc2c(c(C3(NC(=O)c4cc(OC([Si])[C@@H]5CCN5C)ccc4C)CC3)c1)CCCN2. The van der Waals surface area contributed by atoms with Crippen LogP contribution in [0.5, 0.6) is 5.75 Å². The number of nitrogens with one attached hydrogen (secondary N) is 2. The lowest BCUT2D eigenvalue weighted by Crippen LogP contribution is -2.53. The fourth-order valence-corrected chi connectivity index (χ4v) is 5.65. The number of likely N-dealkylation sites (N-methyl/N-ethyl adjacent to an activating group) is 1. The number of benzene rings is 2. The van der Waals surface area contributed by atoms with Crippen LogP contribution in [-0.4, -0.2) is 53.0 Å². The number of hydrogen-bond acceptors (Lipinski definition) is 4. The van der Waals surface area contributed by atoms with E-state index < -0.39 is 0 Å². The highest BCUT2D eigenvalue weighted by atomic mass is 28.1. The van der Waals surface area contributed by atoms with E-state index in [1.807, 2.05) is 31.2 Å². The summed E-state index contributed by atoms with van der Waals surface area (Å²) in [6.07, 6.45) is 7.06. The van der Waals surface area contributed by atoms with Gasteiger partial charge in [0, 0.05) is 23.8 Å². The van der Waals surface area contributed by atoms with E-state index in [2.05, 4.69) is 51.5 Å². The van der Waals surface area contributed by atoms with Gasteiger partial charge in [-0.1, -0.05) is 18.7 Å². The molecule has 0 spiro atoms. The first kappa shape index (κ1) is 22.2. The van der Waals surface area contributed by atoms with Gasteiger partial charge in [0.05, 0.1) is 21.5 Å². The molecule has 2 fully saturated rings. The number of fused-ring (bicyclic) bond motifs is 1. The molecule has 1 amide bonds. The molecule has 2 aromatic rings. The van der Waals surface area contributed by atoms with Gasteiger partial charge >= 0.3 is 0 Å². The average molecular weight is 459 g/mol. The van der Waals surface area contributed by atoms with E-state index in [0.29, 0.717) is 17.4 Å². The summed E-state index contributed by atoms with van der Waals surface area (Å²) < 4.78 is 6.14. The second-order valence-electron chi connectivity index (χ2n) is 9.72. The van der Waals surface area contributed by atoms with E-state index in [9.17, 15) is 4.79 Å². The van der Waals surface area contributed by atoms with E-state index in [1.165, 1.54) is 16.8 Å². The fourth-order valence-electron chi connectivity index (χ4n) is 5.09. The van der Waals surface area contributed by atoms with Crippen LogP contribution < -0.4 is 15.4 Å². The third-order valence-electron chi connectivity index (χ3n) is 7.46. The van der Waals surface area contributed by atoms with E-state index >= 15 is 0 Å². The molecule has 3 aliphatic rings. The quantitative estimate of drug-likeness (QED) is 0.616. The molecule has 171 valence electrons. The minimum atomic E-state index is -0.297. The number of carbonyl (C=O) groups is 1. The first-order valence-electron chi connectivity index (χ1n) is 11.9. The molecule has 2 aliphatic heterocycles. The molecule has 1 unspecified atom stereocenters. The number of amides is 1. The number of rotatable bonds is 7. The molecule has 2 N–H and O–H groups in total. The van der Waals surface area contributed by atoms with E-state index in [0.717, 1.165) is 56.3 Å². The van der Waals surface area contributed by atoms with Crippen LogP contribution in [0.1, 0.15) is 58.3 Å². The number of nitrogens with zero attached hydrogens (tertiary/aromatic N) is 1. The Morgan fingerprint density at radius 2 is 2.18 bits per heavy atom. The third kappa shape index (κ3) is 4.22. The number of likely N-dealkylation sites (tertiary alicyclic amines) is 1. The highest BCUT2D eigenvalue weighted by molar-refractivity contribution is 6.11. The van der Waals surface area contributed by atoms with Crippen LogP contribution in [0, 0.1) is 6.92 Å². The smallest absolute Gasteiger partial charge is 0.252 e. The predicted octanol–water partition coefficient (Wildman–Crippen LogP) is 3.99. The van der Waals surface area contributed by atoms with Crippen LogP contribution in [0.4, 0.5) is 5.69 Å². The van der Waals surface area contributed by atoms with Crippen molar-refractivity contribution in [2.24, 2.45) is 0 Å². The van der Waals surface area contributed by atoms with Gasteiger partial charge in [-0.15, -0.1) is 0 Å². The predicted molar refractivity (Wildman–Crippen MR) is 134 cm³/mol. The van der Waals surface area contributed by atoms with Crippen molar-refractivity contribution in [1.82, 2.24) is 10.2 Å². The number of anilines is 1. The van der Waals surface area contributed by atoms with Gasteiger partial charge in [0.15, 0.2) is 0 Å². The molecule has 2 heterocycles. The van der Waals surface area contributed by atoms with Crippen LogP contribution in [0.3, 0.4) is 0 Å². The average Bonchev–Trinajstić information content (AvgIpc) is 3.58. The van der Waals surface area contributed by atoms with Crippen molar-refractivity contribution in [2.75, 3.05) is 25.5 Å². The molecular weight excluding hydrogens is 426 g/mol. The Balaban J connectivity index is 1.38. The summed E-state index contributed by atoms with van der Waals surface area (Å²) >= 11 is 0. The molecule has 0 bridgehead atoms. The van der Waals surface area contributed by atoms with Crippen LogP contribution in [0.2, 0.25) is 0 Å². The number of carbonyl (C=O) groups excluding carboxylic acids is 1. The molecule has 3 radical (unpaired) electrons. The standard InChI is InChI=1S/C27H32N3O2Si/c1-4-18-14-22(20-6-5-12-28-23(20)15-18)27(10-11-27)29-25(31)21-16-19(8-7-17(21)2)32-26(33)24-9-13-30(24)3/h4,7-8,14-16,24,26,28H,1,5-6,9-13H2,2-3H3,(H,29,31)/t24-,26?/m0/s1. The van der Waals surface area contributed by atoms with Crippen LogP contribution in [0.25, 0.3) is 6.08 Å². The van der Waals surface area contributed by atoms with Gasteiger partial charge in [-0.05, 0) is 99.1 Å². The molecule has 1 saturated carbocycles. The van der Waals surface area contributed by atoms with E-state index in [4.69, 9.17) is 4.74 Å². The van der Waals surface area contributed by atoms with Crippen molar-refractivity contribution in [2.45, 2.75) is 56.3 Å². The third-order valence-corrected chi connectivity index (χ3v) is 7.96. The van der Waals surface area contributed by atoms with Gasteiger partial charge < -0.3 is 20.3 Å². The van der Waals surface area contributed by atoms with E-state index in [-0.39, 0.29) is 17.2 Å². The zero-order valence-corrected chi connectivity index (χ0v) is 20.5. The highest BCUT2D eigenvalue weighted by Crippen LogP contribution is 2.49. The molecular formula is C27H32N3O2Si. The lowest BCUT2D eigenvalue weighted by Gasteiger charge is -2.41. The van der Waals surface area contributed by atoms with Gasteiger partial charge in [0.2, 0.25) is 0 Å². The molecule has 5 rings (SSSR count). The van der Waals surface area contributed by atoms with E-state index in [1.54, 1.807) is 0 Å². The van der Waals surface area contributed by atoms with Crippen LogP contribution in [0.15, 0.2) is 36.9 Å². The fraction of sp³-hybridized carbons (Fsp3) is 0.444. The second-order valence-corrected chi connectivity index (χ2v) is 10.3. The van der Waals surface area contributed by atoms with Crippen molar-refractivity contribution in [3.63, 3.8) is 0 Å². The van der Waals surface area contributed by atoms with Crippen molar-refractivity contribution < 1.29 is 9.53 Å². The van der Waals surface area contributed by atoms with Crippen LogP contribution >= 0.6 is 0 Å². The Morgan fingerprint density at radius 3 is 2.85 bits per heavy atom. The molecule has 1 saturated heterocycles. The van der Waals surface area contributed by atoms with Crippen molar-refractivity contribution >= 4 is 27.9 Å². The topological polar surface area (TPSA) is 53.6 Å². The monoisotopic (exact) mass is 458 g/mol. The second kappa shape index (κ2) is 8.65. The molecule has 2 aromatic carbocycles. The normalized spacial score (nSPS) is 21.7. The van der Waals surface area contributed by atoms with Gasteiger partial charge in [-0.3, -0.25) is 4.79 Å². The molecule has 0 aromatic heterocycles. The maximum atomic E-state index is 13.5. The maximum absolute atomic E-state index is 13.5. The largest absolute Gasteiger partial charge is 0.493 e. The Kier molecular flexibility index (Phi) is 5.83. The Hall–Kier alpha value is -2.57. The first-order valence-corrected chi connectivity index (χ1v) is 12.5. The Morgan fingerprint density at radius 1 is 1.36 bits per heavy atom. The van der Waals surface area contributed by atoms with Crippen molar-refractivity contribution in [3.8, 4) is 5.75 Å². The summed E-state index contributed by atoms with van der Waals surface area (Å²) in [5, 5.41) is 6.93. The molecule has 33 heavy (non-hydrogen) atoms. The lowest BCUT2D eigenvalue weighted by atomic mass is 9.89. The number of hydrogen-bond donors (Lipinski definition) is 2. The summed E-state index contributed by atoms with van der Waals surface area (Å²) in [5.74, 6) is 0.675. The summed E-state index contributed by atoms with van der Waals surface area (Å²) in [5.41, 5.74) is 6.09. The lowest BCUT2D eigenvalue weighted by molar-refractivity contribution is 0.0562. The Bertz CT molecular complexity index is 1100. The van der Waals surface area contributed by atoms with Gasteiger partial charge in [0.25, 0.3) is 5.91 Å². The minimum absolute atomic E-state index is 0.0387. The summed E-state index contributed by atoms with van der Waals surface area (Å²) in [4.78, 5) is 15.8. The number of ether oxygens (including phenoxy) is 1.